The molecule has 96 valence electrons. The van der Waals surface area contributed by atoms with Crippen LogP contribution in [-0.2, 0) is 16.9 Å². The van der Waals surface area contributed by atoms with Crippen LogP contribution in [0.15, 0.2) is 12.3 Å². The average molecular weight is 238 g/mol. The van der Waals surface area contributed by atoms with Gasteiger partial charge in [0.15, 0.2) is 0 Å². The largest absolute Gasteiger partial charge is 0.381 e. The van der Waals surface area contributed by atoms with Gasteiger partial charge in [-0.2, -0.15) is 5.10 Å². The third kappa shape index (κ3) is 2.24. The average Bonchev–Trinajstić information content (AvgIpc) is 2.79. The van der Waals surface area contributed by atoms with E-state index < -0.39 is 5.60 Å². The Labute approximate surface area is 103 Å². The second-order valence-electron chi connectivity index (χ2n) is 4.83. The molecule has 0 bridgehead atoms. The molecule has 4 heteroatoms. The molecule has 0 spiro atoms. The molecule has 1 fully saturated rings. The molecule has 1 saturated carbocycles. The maximum absolute atomic E-state index is 10.9. The predicted octanol–water partition coefficient (Wildman–Crippen LogP) is 2.07. The van der Waals surface area contributed by atoms with Gasteiger partial charge in [-0.05, 0) is 31.7 Å². The number of hydrogen-bond acceptors (Lipinski definition) is 3. The lowest BCUT2D eigenvalue weighted by Gasteiger charge is -2.39. The van der Waals surface area contributed by atoms with Gasteiger partial charge in [0, 0.05) is 19.9 Å². The van der Waals surface area contributed by atoms with Crippen LogP contribution >= 0.6 is 0 Å². The van der Waals surface area contributed by atoms with Crippen molar-refractivity contribution in [3.05, 3.63) is 18.0 Å². The summed E-state index contributed by atoms with van der Waals surface area (Å²) in [6, 6.07) is 1.92. The van der Waals surface area contributed by atoms with Crippen molar-refractivity contribution in [1.29, 1.82) is 0 Å². The minimum Gasteiger partial charge on any atom is -0.381 e. The van der Waals surface area contributed by atoms with Crippen LogP contribution < -0.4 is 0 Å². The van der Waals surface area contributed by atoms with E-state index in [2.05, 4.69) is 12.0 Å². The van der Waals surface area contributed by atoms with Gasteiger partial charge in [-0.15, -0.1) is 0 Å². The Morgan fingerprint density at radius 2 is 2.41 bits per heavy atom. The summed E-state index contributed by atoms with van der Waals surface area (Å²) in [6.45, 7) is 2.96. The Morgan fingerprint density at radius 3 is 3.12 bits per heavy atom. The highest BCUT2D eigenvalue weighted by Crippen LogP contribution is 2.38. The van der Waals surface area contributed by atoms with Gasteiger partial charge in [0.05, 0.1) is 11.8 Å². The fourth-order valence-corrected chi connectivity index (χ4v) is 2.82. The zero-order valence-electron chi connectivity index (χ0n) is 10.7. The van der Waals surface area contributed by atoms with E-state index in [1.807, 2.05) is 10.7 Å². The normalized spacial score (nSPS) is 29.5. The Hall–Kier alpha value is -0.870. The van der Waals surface area contributed by atoms with Gasteiger partial charge in [-0.3, -0.25) is 4.68 Å². The van der Waals surface area contributed by atoms with Crippen molar-refractivity contribution in [3.8, 4) is 0 Å². The number of hydrogen-bond donors (Lipinski definition) is 1. The molecular formula is C13H22N2O2. The lowest BCUT2D eigenvalue weighted by Crippen LogP contribution is -2.44. The van der Waals surface area contributed by atoms with Gasteiger partial charge in [-0.25, -0.2) is 0 Å². The van der Waals surface area contributed by atoms with E-state index in [-0.39, 0.29) is 6.10 Å². The third-order valence-corrected chi connectivity index (χ3v) is 3.69. The maximum Gasteiger partial charge on any atom is 0.132 e. The zero-order chi connectivity index (χ0) is 12.3. The Bertz CT molecular complexity index is 364. The molecule has 0 amide bonds. The molecule has 4 nitrogen and oxygen atoms in total. The second-order valence-corrected chi connectivity index (χ2v) is 4.83. The first-order valence-corrected chi connectivity index (χ1v) is 6.50. The minimum absolute atomic E-state index is 0.108. The van der Waals surface area contributed by atoms with Crippen molar-refractivity contribution >= 4 is 0 Å². The zero-order valence-corrected chi connectivity index (χ0v) is 10.7. The quantitative estimate of drug-likeness (QED) is 0.873. The summed E-state index contributed by atoms with van der Waals surface area (Å²) in [5.74, 6) is 0. The van der Waals surface area contributed by atoms with Crippen LogP contribution in [0.25, 0.3) is 0 Å². The Balaban J connectivity index is 2.31. The Morgan fingerprint density at radius 1 is 1.59 bits per heavy atom. The van der Waals surface area contributed by atoms with Crippen molar-refractivity contribution in [1.82, 2.24) is 9.78 Å². The molecule has 1 aromatic rings. The number of rotatable bonds is 4. The molecule has 17 heavy (non-hydrogen) atoms. The van der Waals surface area contributed by atoms with Crippen molar-refractivity contribution in [2.24, 2.45) is 0 Å². The van der Waals surface area contributed by atoms with Crippen molar-refractivity contribution < 1.29 is 9.84 Å². The number of methoxy groups -OCH3 is 1. The molecule has 0 aliphatic heterocycles. The molecule has 1 aliphatic rings. The fraction of sp³-hybridized carbons (Fsp3) is 0.769. The maximum atomic E-state index is 10.9. The summed E-state index contributed by atoms with van der Waals surface area (Å²) >= 11 is 0. The number of ether oxygens (including phenoxy) is 1. The van der Waals surface area contributed by atoms with Crippen LogP contribution in [0.2, 0.25) is 0 Å². The Kier molecular flexibility index (Phi) is 3.84. The molecule has 1 aliphatic carbocycles. The summed E-state index contributed by atoms with van der Waals surface area (Å²) in [7, 11) is 1.68. The number of aromatic nitrogens is 2. The van der Waals surface area contributed by atoms with Crippen LogP contribution in [0.1, 0.15) is 44.7 Å². The van der Waals surface area contributed by atoms with Crippen molar-refractivity contribution in [2.45, 2.75) is 57.3 Å². The van der Waals surface area contributed by atoms with Crippen LogP contribution in [0.3, 0.4) is 0 Å². The number of aliphatic hydroxyl groups is 1. The highest BCUT2D eigenvalue weighted by molar-refractivity contribution is 5.15. The van der Waals surface area contributed by atoms with Crippen LogP contribution in [0, 0.1) is 0 Å². The molecule has 0 aromatic carbocycles. The number of aryl methyl sites for hydroxylation is 1. The molecule has 1 aromatic heterocycles. The SMILES string of the molecule is CCCn1nccc1C1(O)CCCCC1OC. The molecule has 2 rings (SSSR count). The predicted molar refractivity (Wildman–Crippen MR) is 65.7 cm³/mol. The first-order chi connectivity index (χ1) is 8.22. The van der Waals surface area contributed by atoms with E-state index in [1.54, 1.807) is 13.3 Å². The van der Waals surface area contributed by atoms with E-state index in [1.165, 1.54) is 0 Å². The highest BCUT2D eigenvalue weighted by Gasteiger charge is 2.42. The first kappa shape index (κ1) is 12.6. The van der Waals surface area contributed by atoms with E-state index in [9.17, 15) is 5.11 Å². The van der Waals surface area contributed by atoms with Gasteiger partial charge in [-0.1, -0.05) is 13.3 Å². The third-order valence-electron chi connectivity index (χ3n) is 3.69. The van der Waals surface area contributed by atoms with Gasteiger partial charge < -0.3 is 9.84 Å². The lowest BCUT2D eigenvalue weighted by atomic mass is 9.79. The standard InChI is InChI=1S/C13H22N2O2/c1-3-10-15-11(7-9-14-15)13(16)8-5-4-6-12(13)17-2/h7,9,12,16H,3-6,8,10H2,1-2H3. The smallest absolute Gasteiger partial charge is 0.132 e. The lowest BCUT2D eigenvalue weighted by molar-refractivity contribution is -0.127. The molecule has 0 saturated heterocycles. The summed E-state index contributed by atoms with van der Waals surface area (Å²) in [4.78, 5) is 0. The van der Waals surface area contributed by atoms with Crippen LogP contribution in [0.5, 0.6) is 0 Å². The van der Waals surface area contributed by atoms with Gasteiger partial charge in [0.25, 0.3) is 0 Å². The van der Waals surface area contributed by atoms with Crippen molar-refractivity contribution in [2.75, 3.05) is 7.11 Å². The van der Waals surface area contributed by atoms with E-state index in [0.717, 1.165) is 44.3 Å². The molecule has 1 N–H and O–H groups in total. The van der Waals surface area contributed by atoms with Gasteiger partial charge in [0.1, 0.15) is 5.60 Å². The summed E-state index contributed by atoms with van der Waals surface area (Å²) in [5, 5.41) is 15.2. The molecule has 2 atom stereocenters. The molecule has 2 unspecified atom stereocenters. The number of nitrogens with zero attached hydrogens (tertiary/aromatic N) is 2. The second kappa shape index (κ2) is 5.19. The summed E-state index contributed by atoms with van der Waals surface area (Å²) < 4.78 is 7.39. The van der Waals surface area contributed by atoms with Gasteiger partial charge >= 0.3 is 0 Å². The molecule has 1 heterocycles. The summed E-state index contributed by atoms with van der Waals surface area (Å²) in [6.07, 6.45) is 6.54. The molecule has 0 radical (unpaired) electrons. The summed E-state index contributed by atoms with van der Waals surface area (Å²) in [5.41, 5.74) is 0.0458. The van der Waals surface area contributed by atoms with Crippen LogP contribution in [0.4, 0.5) is 0 Å². The monoisotopic (exact) mass is 238 g/mol. The van der Waals surface area contributed by atoms with Crippen LogP contribution in [-0.4, -0.2) is 28.1 Å². The van der Waals surface area contributed by atoms with Crippen molar-refractivity contribution in [3.63, 3.8) is 0 Å². The van der Waals surface area contributed by atoms with E-state index in [4.69, 9.17) is 4.74 Å². The molecular weight excluding hydrogens is 216 g/mol. The minimum atomic E-state index is -0.862. The van der Waals surface area contributed by atoms with E-state index in [0.29, 0.717) is 0 Å². The highest BCUT2D eigenvalue weighted by atomic mass is 16.5. The fourth-order valence-electron chi connectivity index (χ4n) is 2.82. The van der Waals surface area contributed by atoms with Gasteiger partial charge in [0.2, 0.25) is 0 Å². The van der Waals surface area contributed by atoms with E-state index >= 15 is 0 Å². The topological polar surface area (TPSA) is 47.3 Å². The first-order valence-electron chi connectivity index (χ1n) is 6.50.